The fourth-order valence-corrected chi connectivity index (χ4v) is 9.03. The molecule has 39 heavy (non-hydrogen) atoms. The fourth-order valence-electron chi connectivity index (χ4n) is 9.03. The molecule has 2 saturated carbocycles. The lowest BCUT2D eigenvalue weighted by Crippen LogP contribution is -2.74. The summed E-state index contributed by atoms with van der Waals surface area (Å²) in [5.74, 6) is -2.97. The van der Waals surface area contributed by atoms with Crippen LogP contribution in [0.3, 0.4) is 0 Å². The molecule has 9 unspecified atom stereocenters. The monoisotopic (exact) mass is 542 g/mol. The molecule has 0 N–H and O–H groups in total. The Morgan fingerprint density at radius 1 is 1.13 bits per heavy atom. The number of carbonyl (C=O) groups is 4. The maximum Gasteiger partial charge on any atom is 0.339 e. The van der Waals surface area contributed by atoms with Crippen LogP contribution >= 0.6 is 0 Å². The molecule has 10 nitrogen and oxygen atoms in total. The first kappa shape index (κ1) is 26.3. The molecule has 1 spiro atoms. The predicted molar refractivity (Wildman–Crippen MR) is 132 cm³/mol. The summed E-state index contributed by atoms with van der Waals surface area (Å²) in [6, 6.07) is 1.75. The summed E-state index contributed by atoms with van der Waals surface area (Å²) in [5, 5.41) is 0. The molecule has 5 fully saturated rings. The Morgan fingerprint density at radius 3 is 2.51 bits per heavy atom. The molecule has 3 saturated heterocycles. The minimum absolute atomic E-state index is 0.191. The number of epoxide rings is 1. The van der Waals surface area contributed by atoms with E-state index >= 15 is 0 Å². The maximum absolute atomic E-state index is 14.8. The van der Waals surface area contributed by atoms with E-state index in [1.807, 2.05) is 27.7 Å². The van der Waals surface area contributed by atoms with Gasteiger partial charge in [-0.15, -0.1) is 0 Å². The van der Waals surface area contributed by atoms with Gasteiger partial charge in [0, 0.05) is 35.3 Å². The van der Waals surface area contributed by atoms with Crippen molar-refractivity contribution in [3.8, 4) is 0 Å². The molecule has 2 aliphatic carbocycles. The molecule has 1 aromatic heterocycles. The molecule has 0 bridgehead atoms. The summed E-state index contributed by atoms with van der Waals surface area (Å²) in [4.78, 5) is 52.9. The Bertz CT molecular complexity index is 1280. The van der Waals surface area contributed by atoms with Crippen LogP contribution in [0.5, 0.6) is 0 Å². The van der Waals surface area contributed by atoms with E-state index in [2.05, 4.69) is 0 Å². The van der Waals surface area contributed by atoms with Gasteiger partial charge in [-0.2, -0.15) is 0 Å². The van der Waals surface area contributed by atoms with Gasteiger partial charge in [-0.25, -0.2) is 9.59 Å². The van der Waals surface area contributed by atoms with Crippen molar-refractivity contribution in [2.24, 2.45) is 28.1 Å². The third-order valence-electron chi connectivity index (χ3n) is 10.5. The van der Waals surface area contributed by atoms with Gasteiger partial charge in [0.25, 0.3) is 0 Å². The lowest BCUT2D eigenvalue weighted by molar-refractivity contribution is -0.220. The molecule has 0 radical (unpaired) electrons. The van der Waals surface area contributed by atoms with E-state index in [0.717, 1.165) is 0 Å². The number of ether oxygens (including phenoxy) is 5. The van der Waals surface area contributed by atoms with Crippen LogP contribution in [-0.2, 0) is 42.9 Å². The third-order valence-corrected chi connectivity index (χ3v) is 10.5. The van der Waals surface area contributed by atoms with Gasteiger partial charge >= 0.3 is 17.9 Å². The molecule has 0 aromatic carbocycles. The SMILES string of the molecule is COC(=O)C=CC12COC(C)(C)C1C(OC(C)=O)C(=O)C1(C)C2CCC2(C)C(c3ccoc3)OC(=O)C3OC321. The van der Waals surface area contributed by atoms with E-state index in [-0.39, 0.29) is 12.4 Å². The molecule has 10 heteroatoms. The average molecular weight is 543 g/mol. The van der Waals surface area contributed by atoms with Gasteiger partial charge in [0.2, 0.25) is 0 Å². The highest BCUT2D eigenvalue weighted by Gasteiger charge is 2.90. The number of carbonyl (C=O) groups excluding carboxylic acids is 4. The highest BCUT2D eigenvalue weighted by Crippen LogP contribution is 2.79. The Labute approximate surface area is 226 Å². The number of methoxy groups -OCH3 is 1. The second kappa shape index (κ2) is 8.04. The van der Waals surface area contributed by atoms with Crippen LogP contribution < -0.4 is 0 Å². The number of hydrogen-bond donors (Lipinski definition) is 0. The molecule has 3 aliphatic heterocycles. The summed E-state index contributed by atoms with van der Waals surface area (Å²) in [7, 11) is 1.30. The minimum Gasteiger partial charge on any atom is -0.472 e. The standard InChI is InChI=1S/C29H34O10/c1-15(30)37-19-20-25(2,3)36-14-28(20,11-8-18(31)34-6)17-7-10-26(4)22(16-9-12-35-13-16)38-24(33)23-29(26,39-23)27(17,5)21(19)32/h8-9,11-13,17,19-20,22-23H,7,10,14H2,1-6H3. The van der Waals surface area contributed by atoms with Crippen LogP contribution in [0.25, 0.3) is 0 Å². The summed E-state index contributed by atoms with van der Waals surface area (Å²) in [6.45, 7) is 9.01. The Hall–Kier alpha value is -2.98. The van der Waals surface area contributed by atoms with Crippen molar-refractivity contribution in [1.29, 1.82) is 0 Å². The van der Waals surface area contributed by atoms with Crippen LogP contribution in [0.15, 0.2) is 35.2 Å². The topological polar surface area (TPSA) is 131 Å². The minimum atomic E-state index is -1.28. The van der Waals surface area contributed by atoms with Gasteiger partial charge < -0.3 is 28.1 Å². The van der Waals surface area contributed by atoms with E-state index in [1.54, 1.807) is 18.4 Å². The lowest BCUT2D eigenvalue weighted by atomic mass is 9.37. The molecule has 9 atom stereocenters. The molecular weight excluding hydrogens is 508 g/mol. The van der Waals surface area contributed by atoms with E-state index in [1.165, 1.54) is 26.4 Å². The van der Waals surface area contributed by atoms with E-state index in [4.69, 9.17) is 28.1 Å². The Balaban J connectivity index is 1.58. The van der Waals surface area contributed by atoms with Gasteiger partial charge in [-0.1, -0.05) is 13.0 Å². The molecule has 1 aromatic rings. The van der Waals surface area contributed by atoms with E-state index in [9.17, 15) is 19.2 Å². The van der Waals surface area contributed by atoms with E-state index < -0.39 is 75.5 Å². The predicted octanol–water partition coefficient (Wildman–Crippen LogP) is 3.09. The molecule has 4 heterocycles. The van der Waals surface area contributed by atoms with Gasteiger partial charge in [-0.05, 0) is 45.6 Å². The summed E-state index contributed by atoms with van der Waals surface area (Å²) >= 11 is 0. The smallest absolute Gasteiger partial charge is 0.339 e. The van der Waals surface area contributed by atoms with Gasteiger partial charge in [-0.3, -0.25) is 9.59 Å². The van der Waals surface area contributed by atoms with Crippen LogP contribution in [0.4, 0.5) is 0 Å². The number of furan rings is 1. The quantitative estimate of drug-likeness (QED) is 0.242. The summed E-state index contributed by atoms with van der Waals surface area (Å²) < 4.78 is 34.7. The average Bonchev–Trinajstić information content (AvgIpc) is 3.33. The second-order valence-electron chi connectivity index (χ2n) is 12.6. The molecule has 6 rings (SSSR count). The number of esters is 3. The first-order chi connectivity index (χ1) is 18.3. The highest BCUT2D eigenvalue weighted by atomic mass is 16.7. The molecule has 5 aliphatic rings. The number of hydrogen-bond acceptors (Lipinski definition) is 10. The zero-order valence-electron chi connectivity index (χ0n) is 23.0. The van der Waals surface area contributed by atoms with Gasteiger partial charge in [0.15, 0.2) is 18.0 Å². The van der Waals surface area contributed by atoms with Crippen LogP contribution in [0.2, 0.25) is 0 Å². The van der Waals surface area contributed by atoms with Crippen molar-refractivity contribution in [3.63, 3.8) is 0 Å². The fraction of sp³-hybridized carbons (Fsp3) is 0.655. The lowest BCUT2D eigenvalue weighted by Gasteiger charge is -2.64. The normalized spacial score (nSPS) is 45.4. The van der Waals surface area contributed by atoms with Crippen molar-refractivity contribution in [3.05, 3.63) is 36.3 Å². The number of Topliss-reactive ketones (excluding diaryl/α,β-unsaturated/α-hetero) is 1. The molecule has 210 valence electrons. The van der Waals surface area contributed by atoms with E-state index in [0.29, 0.717) is 18.4 Å². The maximum atomic E-state index is 14.8. The van der Waals surface area contributed by atoms with Gasteiger partial charge in [0.05, 0.1) is 37.3 Å². The highest BCUT2D eigenvalue weighted by molar-refractivity contribution is 5.97. The summed E-state index contributed by atoms with van der Waals surface area (Å²) in [6.07, 6.45) is 4.48. The first-order valence-corrected chi connectivity index (χ1v) is 13.3. The van der Waals surface area contributed by atoms with Crippen molar-refractivity contribution in [1.82, 2.24) is 0 Å². The summed E-state index contributed by atoms with van der Waals surface area (Å²) in [5.41, 5.74) is -4.35. The van der Waals surface area contributed by atoms with Crippen molar-refractivity contribution >= 4 is 23.7 Å². The van der Waals surface area contributed by atoms with Crippen LogP contribution in [0, 0.1) is 28.1 Å². The second-order valence-corrected chi connectivity index (χ2v) is 12.6. The van der Waals surface area contributed by atoms with Crippen molar-refractivity contribution in [2.75, 3.05) is 13.7 Å². The zero-order valence-corrected chi connectivity index (χ0v) is 23.0. The third kappa shape index (κ3) is 3.04. The van der Waals surface area contributed by atoms with Crippen molar-refractivity contribution < 1.29 is 47.3 Å². The number of rotatable bonds is 4. The molecular formula is C29H34O10. The molecule has 0 amide bonds. The van der Waals surface area contributed by atoms with Gasteiger partial charge in [0.1, 0.15) is 11.7 Å². The van der Waals surface area contributed by atoms with Crippen molar-refractivity contribution in [2.45, 2.75) is 77.0 Å². The van der Waals surface area contributed by atoms with Crippen LogP contribution in [0.1, 0.15) is 59.1 Å². The number of ketones is 1. The Kier molecular flexibility index (Phi) is 5.41. The zero-order chi connectivity index (χ0) is 28.2. The largest absolute Gasteiger partial charge is 0.472 e. The first-order valence-electron chi connectivity index (χ1n) is 13.3. The van der Waals surface area contributed by atoms with Crippen LogP contribution in [-0.4, -0.2) is 60.8 Å². The number of cyclic esters (lactones) is 1. The Morgan fingerprint density at radius 2 is 1.87 bits per heavy atom. The number of fused-ring (bicyclic) bond motifs is 3.